The predicted molar refractivity (Wildman–Crippen MR) is 98.1 cm³/mol. The van der Waals surface area contributed by atoms with Crippen LogP contribution in [0.5, 0.6) is 0 Å². The molecule has 0 spiro atoms. The minimum Gasteiger partial charge on any atom is -0.465 e. The predicted octanol–water partition coefficient (Wildman–Crippen LogP) is 2.08. The Morgan fingerprint density at radius 1 is 1.35 bits per heavy atom. The molecular formula is C19H28N4O3. The summed E-state index contributed by atoms with van der Waals surface area (Å²) in [6, 6.07) is 5.83. The molecule has 2 aromatic rings. The summed E-state index contributed by atoms with van der Waals surface area (Å²) in [5.74, 6) is 1.64. The van der Waals surface area contributed by atoms with Crippen molar-refractivity contribution in [3.05, 3.63) is 41.1 Å². The number of rotatable bonds is 7. The van der Waals surface area contributed by atoms with Crippen molar-refractivity contribution in [2.75, 3.05) is 32.8 Å². The van der Waals surface area contributed by atoms with Gasteiger partial charge in [0.1, 0.15) is 17.2 Å². The highest BCUT2D eigenvalue weighted by Gasteiger charge is 2.26. The van der Waals surface area contributed by atoms with Gasteiger partial charge in [-0.05, 0) is 31.5 Å². The van der Waals surface area contributed by atoms with Crippen molar-refractivity contribution in [3.63, 3.8) is 0 Å². The lowest BCUT2D eigenvalue weighted by Gasteiger charge is -2.33. The quantitative estimate of drug-likeness (QED) is 0.818. The first-order chi connectivity index (χ1) is 12.6. The van der Waals surface area contributed by atoms with Crippen LogP contribution in [0, 0.1) is 6.92 Å². The molecule has 142 valence electrons. The number of aryl methyl sites for hydroxylation is 3. The van der Waals surface area contributed by atoms with Gasteiger partial charge in [0.15, 0.2) is 0 Å². The molecular weight excluding hydrogens is 332 g/mol. The molecule has 0 aliphatic carbocycles. The Labute approximate surface area is 154 Å². The molecule has 1 fully saturated rings. The van der Waals surface area contributed by atoms with Gasteiger partial charge in [-0.1, -0.05) is 13.3 Å². The maximum absolute atomic E-state index is 12.7. The first-order valence-corrected chi connectivity index (χ1v) is 9.27. The highest BCUT2D eigenvalue weighted by molar-refractivity contribution is 5.92. The summed E-state index contributed by atoms with van der Waals surface area (Å²) in [6.07, 6.45) is 1.89. The van der Waals surface area contributed by atoms with Crippen molar-refractivity contribution in [1.82, 2.24) is 20.0 Å². The van der Waals surface area contributed by atoms with E-state index in [0.29, 0.717) is 25.5 Å². The normalized spacial score (nSPS) is 16.6. The van der Waals surface area contributed by atoms with E-state index in [0.717, 1.165) is 43.1 Å². The summed E-state index contributed by atoms with van der Waals surface area (Å²) in [7, 11) is 1.81. The summed E-state index contributed by atoms with van der Waals surface area (Å²) in [6.45, 7) is 7.58. The molecule has 7 heteroatoms. The minimum atomic E-state index is -0.108. The molecule has 0 saturated carbocycles. The van der Waals surface area contributed by atoms with Crippen LogP contribution in [0.3, 0.4) is 0 Å². The highest BCUT2D eigenvalue weighted by atomic mass is 16.5. The molecule has 3 heterocycles. The zero-order valence-electron chi connectivity index (χ0n) is 15.8. The SMILES string of the molecule is CCCc1cc(C(=O)NCC(c2ccc(C)o2)N2CCOCC2)n(C)n1. The standard InChI is InChI=1S/C19H28N4O3/c1-4-5-15-12-16(22(3)21-15)19(24)20-13-17(18-7-6-14(2)26-18)23-8-10-25-11-9-23/h6-7,12,17H,4-5,8-11,13H2,1-3H3,(H,20,24). The Balaban J connectivity index is 1.69. The Kier molecular flexibility index (Phi) is 6.11. The number of nitrogens with one attached hydrogen (secondary N) is 1. The fourth-order valence-corrected chi connectivity index (χ4v) is 3.33. The maximum atomic E-state index is 12.7. The second-order valence-electron chi connectivity index (χ2n) is 6.72. The Hall–Kier alpha value is -2.12. The van der Waals surface area contributed by atoms with E-state index >= 15 is 0 Å². The van der Waals surface area contributed by atoms with E-state index in [2.05, 4.69) is 22.2 Å². The van der Waals surface area contributed by atoms with Gasteiger partial charge in [-0.15, -0.1) is 0 Å². The number of carbonyl (C=O) groups excluding carboxylic acids is 1. The third-order valence-electron chi connectivity index (χ3n) is 4.70. The lowest BCUT2D eigenvalue weighted by atomic mass is 10.1. The molecule has 0 radical (unpaired) electrons. The second kappa shape index (κ2) is 8.51. The zero-order chi connectivity index (χ0) is 18.5. The molecule has 3 rings (SSSR count). The lowest BCUT2D eigenvalue weighted by Crippen LogP contribution is -2.43. The number of hydrogen-bond acceptors (Lipinski definition) is 5. The third kappa shape index (κ3) is 4.34. The van der Waals surface area contributed by atoms with Gasteiger partial charge in [0.2, 0.25) is 0 Å². The van der Waals surface area contributed by atoms with Crippen LogP contribution < -0.4 is 5.32 Å². The van der Waals surface area contributed by atoms with Crippen LogP contribution in [0.25, 0.3) is 0 Å². The first kappa shape index (κ1) is 18.7. The van der Waals surface area contributed by atoms with Gasteiger partial charge in [0, 0.05) is 26.7 Å². The third-order valence-corrected chi connectivity index (χ3v) is 4.70. The van der Waals surface area contributed by atoms with Crippen molar-refractivity contribution < 1.29 is 13.9 Å². The van der Waals surface area contributed by atoms with Crippen LogP contribution >= 0.6 is 0 Å². The van der Waals surface area contributed by atoms with Crippen molar-refractivity contribution in [2.45, 2.75) is 32.7 Å². The minimum absolute atomic E-state index is 0.000102. The van der Waals surface area contributed by atoms with E-state index in [-0.39, 0.29) is 11.9 Å². The van der Waals surface area contributed by atoms with E-state index in [4.69, 9.17) is 9.15 Å². The van der Waals surface area contributed by atoms with Crippen LogP contribution in [-0.4, -0.2) is 53.4 Å². The molecule has 1 aliphatic heterocycles. The summed E-state index contributed by atoms with van der Waals surface area (Å²) >= 11 is 0. The average molecular weight is 360 g/mol. The smallest absolute Gasteiger partial charge is 0.269 e. The van der Waals surface area contributed by atoms with E-state index in [1.54, 1.807) is 4.68 Å². The van der Waals surface area contributed by atoms with E-state index in [9.17, 15) is 4.79 Å². The van der Waals surface area contributed by atoms with E-state index in [1.165, 1.54) is 0 Å². The molecule has 1 saturated heterocycles. The summed E-state index contributed by atoms with van der Waals surface area (Å²) in [5.41, 5.74) is 1.54. The number of nitrogens with zero attached hydrogens (tertiary/aromatic N) is 3. The van der Waals surface area contributed by atoms with Crippen molar-refractivity contribution in [2.24, 2.45) is 7.05 Å². The number of hydrogen-bond donors (Lipinski definition) is 1. The van der Waals surface area contributed by atoms with Gasteiger partial charge >= 0.3 is 0 Å². The Morgan fingerprint density at radius 3 is 2.77 bits per heavy atom. The fraction of sp³-hybridized carbons (Fsp3) is 0.579. The maximum Gasteiger partial charge on any atom is 0.269 e. The van der Waals surface area contributed by atoms with Gasteiger partial charge in [-0.2, -0.15) is 5.10 Å². The number of carbonyl (C=O) groups is 1. The summed E-state index contributed by atoms with van der Waals surface area (Å²) in [4.78, 5) is 15.0. The van der Waals surface area contributed by atoms with Crippen LogP contribution in [0.4, 0.5) is 0 Å². The van der Waals surface area contributed by atoms with Crippen molar-refractivity contribution in [3.8, 4) is 0 Å². The molecule has 1 atom stereocenters. The van der Waals surface area contributed by atoms with Gasteiger partial charge in [-0.3, -0.25) is 14.4 Å². The molecule has 1 unspecified atom stereocenters. The number of morpholine rings is 1. The molecule has 7 nitrogen and oxygen atoms in total. The Bertz CT molecular complexity index is 731. The molecule has 0 bridgehead atoms. The van der Waals surface area contributed by atoms with Gasteiger partial charge in [0.05, 0.1) is 24.9 Å². The molecule has 1 N–H and O–H groups in total. The van der Waals surface area contributed by atoms with Gasteiger partial charge in [0.25, 0.3) is 5.91 Å². The molecule has 1 aliphatic rings. The molecule has 2 aromatic heterocycles. The molecule has 0 aromatic carbocycles. The Morgan fingerprint density at radius 2 is 2.12 bits per heavy atom. The summed E-state index contributed by atoms with van der Waals surface area (Å²) < 4.78 is 13.0. The van der Waals surface area contributed by atoms with Crippen molar-refractivity contribution >= 4 is 5.91 Å². The monoisotopic (exact) mass is 360 g/mol. The fourth-order valence-electron chi connectivity index (χ4n) is 3.33. The number of ether oxygens (including phenoxy) is 1. The number of furan rings is 1. The largest absolute Gasteiger partial charge is 0.465 e. The number of aromatic nitrogens is 2. The van der Waals surface area contributed by atoms with Crippen molar-refractivity contribution in [1.29, 1.82) is 0 Å². The molecule has 1 amide bonds. The lowest BCUT2D eigenvalue weighted by molar-refractivity contribution is 0.0116. The van der Waals surface area contributed by atoms with Crippen LogP contribution in [0.1, 0.15) is 47.1 Å². The van der Waals surface area contributed by atoms with E-state index < -0.39 is 0 Å². The van der Waals surface area contributed by atoms with E-state index in [1.807, 2.05) is 32.2 Å². The first-order valence-electron chi connectivity index (χ1n) is 9.27. The number of amides is 1. The van der Waals surface area contributed by atoms with Crippen LogP contribution in [-0.2, 0) is 18.2 Å². The average Bonchev–Trinajstić information content (AvgIpc) is 3.22. The van der Waals surface area contributed by atoms with Gasteiger partial charge < -0.3 is 14.5 Å². The van der Waals surface area contributed by atoms with Crippen LogP contribution in [0.2, 0.25) is 0 Å². The second-order valence-corrected chi connectivity index (χ2v) is 6.72. The zero-order valence-corrected chi connectivity index (χ0v) is 15.8. The topological polar surface area (TPSA) is 72.5 Å². The summed E-state index contributed by atoms with van der Waals surface area (Å²) in [5, 5.41) is 7.47. The van der Waals surface area contributed by atoms with Gasteiger partial charge in [-0.25, -0.2) is 0 Å². The molecule has 26 heavy (non-hydrogen) atoms. The van der Waals surface area contributed by atoms with Crippen LogP contribution in [0.15, 0.2) is 22.6 Å². The highest BCUT2D eigenvalue weighted by Crippen LogP contribution is 2.23.